The second kappa shape index (κ2) is 12.5. The van der Waals surface area contributed by atoms with Gasteiger partial charge in [-0.15, -0.1) is 0 Å². The van der Waals surface area contributed by atoms with E-state index in [0.29, 0.717) is 9.49 Å². The Labute approximate surface area is 146 Å². The SMILES string of the molecule is CCCCCCC(C)(C)SSSC(C)(C)CCCCCC. The van der Waals surface area contributed by atoms with Gasteiger partial charge in [-0.05, 0) is 50.4 Å². The molecule has 0 N–H and O–H groups in total. The molecular formula is C18H38S3. The van der Waals surface area contributed by atoms with Crippen LogP contribution in [0.5, 0.6) is 0 Å². The maximum Gasteiger partial charge on any atom is 0.0215 e. The second-order valence-electron chi connectivity index (χ2n) is 7.38. The van der Waals surface area contributed by atoms with Gasteiger partial charge in [-0.3, -0.25) is 0 Å². The molecule has 0 aliphatic carbocycles. The molecule has 21 heavy (non-hydrogen) atoms. The second-order valence-corrected chi connectivity index (χ2v) is 12.7. The Hall–Kier alpha value is 1.05. The molecule has 0 bridgehead atoms. The summed E-state index contributed by atoms with van der Waals surface area (Å²) in [7, 11) is 6.20. The van der Waals surface area contributed by atoms with Gasteiger partial charge >= 0.3 is 0 Å². The average Bonchev–Trinajstić information content (AvgIpc) is 2.39. The third kappa shape index (κ3) is 14.4. The molecule has 0 fully saturated rings. The molecule has 0 nitrogen and oxygen atoms in total. The molecule has 0 aliphatic heterocycles. The fourth-order valence-corrected chi connectivity index (χ4v) is 8.43. The Morgan fingerprint density at radius 2 is 0.952 bits per heavy atom. The highest BCUT2D eigenvalue weighted by atomic mass is 33.5. The Morgan fingerprint density at radius 3 is 1.29 bits per heavy atom. The molecule has 128 valence electrons. The van der Waals surface area contributed by atoms with Crippen molar-refractivity contribution in [1.29, 1.82) is 0 Å². The zero-order valence-corrected chi connectivity index (χ0v) is 17.7. The first-order chi connectivity index (χ1) is 9.83. The van der Waals surface area contributed by atoms with Crippen molar-refractivity contribution in [2.24, 2.45) is 0 Å². The summed E-state index contributed by atoms with van der Waals surface area (Å²) in [5, 5.41) is 0. The predicted octanol–water partition coefficient (Wildman–Crippen LogP) is 8.51. The summed E-state index contributed by atoms with van der Waals surface area (Å²) in [6.45, 7) is 14.2. The summed E-state index contributed by atoms with van der Waals surface area (Å²) in [6.07, 6.45) is 13.8. The zero-order chi connectivity index (χ0) is 16.2. The van der Waals surface area contributed by atoms with Gasteiger partial charge < -0.3 is 0 Å². The largest absolute Gasteiger partial charge is 0.0763 e. The Morgan fingerprint density at radius 1 is 0.571 bits per heavy atom. The van der Waals surface area contributed by atoms with Gasteiger partial charge in [-0.25, -0.2) is 0 Å². The van der Waals surface area contributed by atoms with Crippen LogP contribution in [0.3, 0.4) is 0 Å². The summed E-state index contributed by atoms with van der Waals surface area (Å²) in [5.74, 6) is 0. The molecule has 0 rings (SSSR count). The van der Waals surface area contributed by atoms with Gasteiger partial charge in [-0.2, -0.15) is 0 Å². The van der Waals surface area contributed by atoms with Crippen molar-refractivity contribution >= 4 is 31.4 Å². The molecular weight excluding hydrogens is 312 g/mol. The molecule has 0 amide bonds. The lowest BCUT2D eigenvalue weighted by molar-refractivity contribution is 0.561. The van der Waals surface area contributed by atoms with Crippen molar-refractivity contribution < 1.29 is 0 Å². The summed E-state index contributed by atoms with van der Waals surface area (Å²) in [4.78, 5) is 0. The monoisotopic (exact) mass is 350 g/mol. The molecule has 0 saturated heterocycles. The third-order valence-corrected chi connectivity index (χ3v) is 9.57. The van der Waals surface area contributed by atoms with E-state index >= 15 is 0 Å². The standard InChI is InChI=1S/C18H38S3/c1-7-9-11-13-15-17(3,4)19-21-20-18(5,6)16-14-12-10-8-2/h7-16H2,1-6H3. The van der Waals surface area contributed by atoms with Crippen LogP contribution in [0.25, 0.3) is 0 Å². The van der Waals surface area contributed by atoms with E-state index in [1.54, 1.807) is 0 Å². The number of hydrogen-bond donors (Lipinski definition) is 0. The molecule has 0 unspecified atom stereocenters. The highest BCUT2D eigenvalue weighted by molar-refractivity contribution is 9.09. The van der Waals surface area contributed by atoms with Crippen LogP contribution in [0.4, 0.5) is 0 Å². The first-order valence-corrected chi connectivity index (χ1v) is 12.3. The maximum atomic E-state index is 2.41. The highest BCUT2D eigenvalue weighted by Crippen LogP contribution is 2.51. The van der Waals surface area contributed by atoms with Crippen LogP contribution < -0.4 is 0 Å². The van der Waals surface area contributed by atoms with E-state index in [4.69, 9.17) is 0 Å². The maximum absolute atomic E-state index is 2.41. The van der Waals surface area contributed by atoms with Gasteiger partial charge in [0.2, 0.25) is 0 Å². The third-order valence-electron chi connectivity index (χ3n) is 3.78. The van der Waals surface area contributed by atoms with Crippen molar-refractivity contribution in [2.75, 3.05) is 0 Å². The molecule has 0 aromatic rings. The van der Waals surface area contributed by atoms with Crippen LogP contribution in [-0.4, -0.2) is 9.49 Å². The smallest absolute Gasteiger partial charge is 0.0215 e. The number of unbranched alkanes of at least 4 members (excludes halogenated alkanes) is 6. The van der Waals surface area contributed by atoms with Crippen LogP contribution in [0.15, 0.2) is 0 Å². The lowest BCUT2D eigenvalue weighted by Gasteiger charge is -2.27. The molecule has 0 aromatic carbocycles. The van der Waals surface area contributed by atoms with Gasteiger partial charge in [0.1, 0.15) is 0 Å². The van der Waals surface area contributed by atoms with Crippen molar-refractivity contribution in [2.45, 2.75) is 115 Å². The summed E-state index contributed by atoms with van der Waals surface area (Å²) < 4.78 is 0.841. The topological polar surface area (TPSA) is 0 Å². The minimum absolute atomic E-state index is 0.420. The lowest BCUT2D eigenvalue weighted by atomic mass is 10.0. The van der Waals surface area contributed by atoms with Crippen molar-refractivity contribution in [3.05, 3.63) is 0 Å². The van der Waals surface area contributed by atoms with Crippen molar-refractivity contribution in [3.8, 4) is 0 Å². The average molecular weight is 351 g/mol. The van der Waals surface area contributed by atoms with Crippen LogP contribution in [0.2, 0.25) is 0 Å². The molecule has 0 saturated carbocycles. The number of rotatable bonds is 14. The predicted molar refractivity (Wildman–Crippen MR) is 108 cm³/mol. The van der Waals surface area contributed by atoms with E-state index < -0.39 is 0 Å². The molecule has 3 heteroatoms. The Kier molecular flexibility index (Phi) is 13.1. The van der Waals surface area contributed by atoms with Gasteiger partial charge in [0.05, 0.1) is 0 Å². The first kappa shape index (κ1) is 22.1. The zero-order valence-electron chi connectivity index (χ0n) is 15.3. The van der Waals surface area contributed by atoms with Gasteiger partial charge in [-0.1, -0.05) is 86.8 Å². The lowest BCUT2D eigenvalue weighted by Crippen LogP contribution is -2.14. The molecule has 0 atom stereocenters. The normalized spacial score (nSPS) is 12.9. The quantitative estimate of drug-likeness (QED) is 0.227. The van der Waals surface area contributed by atoms with E-state index in [9.17, 15) is 0 Å². The van der Waals surface area contributed by atoms with E-state index in [1.807, 2.05) is 9.83 Å². The number of hydrogen-bond acceptors (Lipinski definition) is 3. The van der Waals surface area contributed by atoms with E-state index in [0.717, 1.165) is 0 Å². The van der Waals surface area contributed by atoms with E-state index in [-0.39, 0.29) is 0 Å². The molecule has 0 spiro atoms. The Balaban J connectivity index is 3.77. The summed E-state index contributed by atoms with van der Waals surface area (Å²) >= 11 is 0. The van der Waals surface area contributed by atoms with Crippen LogP contribution >= 0.6 is 31.4 Å². The van der Waals surface area contributed by atoms with E-state index in [2.05, 4.69) is 63.1 Å². The van der Waals surface area contributed by atoms with Crippen LogP contribution in [0, 0.1) is 0 Å². The summed E-state index contributed by atoms with van der Waals surface area (Å²) in [6, 6.07) is 0. The van der Waals surface area contributed by atoms with Gasteiger partial charge in [0, 0.05) is 9.49 Å². The van der Waals surface area contributed by atoms with Crippen LogP contribution in [-0.2, 0) is 0 Å². The molecule has 0 radical (unpaired) electrons. The first-order valence-electron chi connectivity index (χ1n) is 8.86. The minimum atomic E-state index is 0.420. The fraction of sp³-hybridized carbons (Fsp3) is 1.00. The fourth-order valence-electron chi connectivity index (χ4n) is 2.24. The van der Waals surface area contributed by atoms with Gasteiger partial charge in [0.25, 0.3) is 0 Å². The minimum Gasteiger partial charge on any atom is -0.0763 e. The Bertz CT molecular complexity index is 213. The molecule has 0 aliphatic rings. The molecule has 0 aromatic heterocycles. The van der Waals surface area contributed by atoms with E-state index in [1.165, 1.54) is 64.2 Å². The highest BCUT2D eigenvalue weighted by Gasteiger charge is 2.23. The molecule has 0 heterocycles. The van der Waals surface area contributed by atoms with Crippen molar-refractivity contribution in [1.82, 2.24) is 0 Å². The van der Waals surface area contributed by atoms with Crippen LogP contribution in [0.1, 0.15) is 106 Å². The van der Waals surface area contributed by atoms with Gasteiger partial charge in [0.15, 0.2) is 0 Å². The van der Waals surface area contributed by atoms with Crippen molar-refractivity contribution in [3.63, 3.8) is 0 Å². The summed E-state index contributed by atoms with van der Waals surface area (Å²) in [5.41, 5.74) is 0.